The molecular formula is C25H36Cl2N4O4. The first-order valence-corrected chi connectivity index (χ1v) is 13.2. The van der Waals surface area contributed by atoms with Gasteiger partial charge in [0.2, 0.25) is 5.91 Å². The minimum absolute atomic E-state index is 0.0439. The van der Waals surface area contributed by atoms with Gasteiger partial charge >= 0.3 is 6.03 Å². The quantitative estimate of drug-likeness (QED) is 0.543. The zero-order chi connectivity index (χ0) is 25.0. The number of halogens is 2. The number of benzene rings is 1. The van der Waals surface area contributed by atoms with E-state index in [0.29, 0.717) is 49.4 Å². The van der Waals surface area contributed by atoms with E-state index in [1.54, 1.807) is 24.1 Å². The molecule has 1 spiro atoms. The SMILES string of the molecule is COCC(CCN1CCC2(CC2)[C@H](O)C1)N1CCN(C(=O)NCc2ccc(Cl)c(Cl)c2)CCC1=O. The summed E-state index contributed by atoms with van der Waals surface area (Å²) in [7, 11) is 1.65. The molecule has 10 heteroatoms. The summed E-state index contributed by atoms with van der Waals surface area (Å²) in [6.45, 7) is 4.62. The van der Waals surface area contributed by atoms with Crippen molar-refractivity contribution in [3.63, 3.8) is 0 Å². The van der Waals surface area contributed by atoms with Crippen LogP contribution in [0.3, 0.4) is 0 Å². The number of methoxy groups -OCH3 is 1. The van der Waals surface area contributed by atoms with Gasteiger partial charge in [0.15, 0.2) is 0 Å². The number of hydrogen-bond acceptors (Lipinski definition) is 5. The number of β-amino-alcohol motifs (C(OH)–C–C–N with tert-alkyl or cyclic N) is 1. The Kier molecular flexibility index (Phi) is 8.81. The fourth-order valence-electron chi connectivity index (χ4n) is 5.24. The maximum atomic E-state index is 13.0. The molecule has 0 aromatic heterocycles. The second-order valence-electron chi connectivity index (χ2n) is 10.1. The van der Waals surface area contributed by atoms with E-state index in [9.17, 15) is 14.7 Å². The average molecular weight is 527 g/mol. The molecule has 0 radical (unpaired) electrons. The highest BCUT2D eigenvalue weighted by atomic mass is 35.5. The highest BCUT2D eigenvalue weighted by Crippen LogP contribution is 2.53. The van der Waals surface area contributed by atoms with Crippen molar-refractivity contribution in [1.82, 2.24) is 20.0 Å². The third-order valence-electron chi connectivity index (χ3n) is 7.78. The van der Waals surface area contributed by atoms with Crippen molar-refractivity contribution in [3.8, 4) is 0 Å². The largest absolute Gasteiger partial charge is 0.391 e. The number of amides is 3. The summed E-state index contributed by atoms with van der Waals surface area (Å²) >= 11 is 12.0. The first-order chi connectivity index (χ1) is 16.8. The van der Waals surface area contributed by atoms with Crippen molar-refractivity contribution in [2.75, 3.05) is 53.0 Å². The lowest BCUT2D eigenvalue weighted by molar-refractivity contribution is -0.134. The smallest absolute Gasteiger partial charge is 0.317 e. The Bertz CT molecular complexity index is 913. The van der Waals surface area contributed by atoms with E-state index < -0.39 is 0 Å². The Hall–Kier alpha value is -1.58. The van der Waals surface area contributed by atoms with Crippen LogP contribution in [0, 0.1) is 5.41 Å². The number of urea groups is 1. The zero-order valence-electron chi connectivity index (χ0n) is 20.3. The van der Waals surface area contributed by atoms with Crippen LogP contribution in [-0.4, -0.2) is 96.9 Å². The van der Waals surface area contributed by atoms with Gasteiger partial charge in [-0.2, -0.15) is 0 Å². The molecule has 2 atom stereocenters. The summed E-state index contributed by atoms with van der Waals surface area (Å²) < 4.78 is 5.46. The monoisotopic (exact) mass is 526 g/mol. The van der Waals surface area contributed by atoms with E-state index in [2.05, 4.69) is 10.2 Å². The first kappa shape index (κ1) is 26.5. The van der Waals surface area contributed by atoms with E-state index in [-0.39, 0.29) is 35.9 Å². The number of aliphatic hydroxyl groups excluding tert-OH is 1. The van der Waals surface area contributed by atoms with Crippen LogP contribution in [0.25, 0.3) is 0 Å². The van der Waals surface area contributed by atoms with Gasteiger partial charge in [-0.1, -0.05) is 29.3 Å². The molecule has 1 aromatic rings. The van der Waals surface area contributed by atoms with Gasteiger partial charge in [-0.05, 0) is 55.3 Å². The van der Waals surface area contributed by atoms with Gasteiger partial charge in [0, 0.05) is 52.8 Å². The predicted octanol–water partition coefficient (Wildman–Crippen LogP) is 2.99. The van der Waals surface area contributed by atoms with Crippen LogP contribution in [0.4, 0.5) is 4.79 Å². The van der Waals surface area contributed by atoms with Crippen LogP contribution < -0.4 is 5.32 Å². The minimum atomic E-state index is -0.243. The Morgan fingerprint density at radius 3 is 2.69 bits per heavy atom. The van der Waals surface area contributed by atoms with Crippen molar-refractivity contribution in [1.29, 1.82) is 0 Å². The van der Waals surface area contributed by atoms with Crippen LogP contribution in [0.2, 0.25) is 10.0 Å². The highest BCUT2D eigenvalue weighted by Gasteiger charge is 2.51. The van der Waals surface area contributed by atoms with Crippen LogP contribution in [0.5, 0.6) is 0 Å². The van der Waals surface area contributed by atoms with Crippen LogP contribution in [-0.2, 0) is 16.1 Å². The maximum absolute atomic E-state index is 13.0. The lowest BCUT2D eigenvalue weighted by Crippen LogP contribution is -2.49. The Labute approximate surface area is 217 Å². The Morgan fingerprint density at radius 2 is 2.00 bits per heavy atom. The summed E-state index contributed by atoms with van der Waals surface area (Å²) in [5.41, 5.74) is 1.04. The van der Waals surface area contributed by atoms with Gasteiger partial charge < -0.3 is 29.9 Å². The molecule has 0 bridgehead atoms. The van der Waals surface area contributed by atoms with Gasteiger partial charge in [-0.3, -0.25) is 4.79 Å². The Balaban J connectivity index is 1.28. The van der Waals surface area contributed by atoms with E-state index in [1.165, 1.54) is 0 Å². The number of rotatable bonds is 8. The molecule has 1 aliphatic carbocycles. The topological polar surface area (TPSA) is 85.3 Å². The summed E-state index contributed by atoms with van der Waals surface area (Å²) in [6, 6.07) is 5.01. The van der Waals surface area contributed by atoms with Crippen molar-refractivity contribution in [2.45, 2.75) is 50.8 Å². The lowest BCUT2D eigenvalue weighted by Gasteiger charge is -2.38. The number of nitrogens with zero attached hydrogens (tertiary/aromatic N) is 3. The van der Waals surface area contributed by atoms with E-state index in [4.69, 9.17) is 27.9 Å². The van der Waals surface area contributed by atoms with Crippen molar-refractivity contribution < 1.29 is 19.4 Å². The van der Waals surface area contributed by atoms with E-state index in [0.717, 1.165) is 44.3 Å². The molecule has 1 unspecified atom stereocenters. The lowest BCUT2D eigenvalue weighted by atomic mass is 9.90. The molecular weight excluding hydrogens is 491 g/mol. The summed E-state index contributed by atoms with van der Waals surface area (Å²) in [6.07, 6.45) is 4.17. The van der Waals surface area contributed by atoms with E-state index >= 15 is 0 Å². The summed E-state index contributed by atoms with van der Waals surface area (Å²) in [5, 5.41) is 14.3. The van der Waals surface area contributed by atoms with Gasteiger partial charge in [-0.15, -0.1) is 0 Å². The summed E-state index contributed by atoms with van der Waals surface area (Å²) in [5.74, 6) is 0.0439. The average Bonchev–Trinajstić information content (AvgIpc) is 3.64. The van der Waals surface area contributed by atoms with Gasteiger partial charge in [0.1, 0.15) is 0 Å². The standard InChI is InChI=1S/C25H36Cl2N4O4/c1-35-17-19(4-9-29-11-8-25(6-7-25)22(32)16-29)31-13-12-30(10-5-23(31)33)24(34)28-15-18-2-3-20(26)21(27)14-18/h2-3,14,19,22,32H,4-13,15-17H2,1H3,(H,28,34)/t19?,22-/m1/s1. The number of likely N-dealkylation sites (tertiary alicyclic amines) is 1. The third kappa shape index (κ3) is 6.60. The molecule has 3 amide bonds. The molecule has 3 aliphatic rings. The van der Waals surface area contributed by atoms with E-state index in [1.807, 2.05) is 11.0 Å². The van der Waals surface area contributed by atoms with Crippen molar-refractivity contribution >= 4 is 35.1 Å². The fourth-order valence-corrected chi connectivity index (χ4v) is 5.57. The van der Waals surface area contributed by atoms with Gasteiger partial charge in [0.05, 0.1) is 28.8 Å². The molecule has 1 aromatic carbocycles. The third-order valence-corrected chi connectivity index (χ3v) is 8.52. The molecule has 3 fully saturated rings. The molecule has 2 saturated heterocycles. The number of nitrogens with one attached hydrogen (secondary N) is 1. The van der Waals surface area contributed by atoms with Gasteiger partial charge in [-0.25, -0.2) is 4.79 Å². The number of piperidine rings is 1. The molecule has 2 aliphatic heterocycles. The number of carbonyl (C=O) groups excluding carboxylic acids is 2. The summed E-state index contributed by atoms with van der Waals surface area (Å²) in [4.78, 5) is 31.6. The molecule has 2 heterocycles. The van der Waals surface area contributed by atoms with Crippen LogP contribution in [0.1, 0.15) is 37.7 Å². The normalized spacial score (nSPS) is 23.3. The van der Waals surface area contributed by atoms with Gasteiger partial charge in [0.25, 0.3) is 0 Å². The van der Waals surface area contributed by atoms with Crippen molar-refractivity contribution in [3.05, 3.63) is 33.8 Å². The highest BCUT2D eigenvalue weighted by molar-refractivity contribution is 6.42. The van der Waals surface area contributed by atoms with Crippen LogP contribution >= 0.6 is 23.2 Å². The Morgan fingerprint density at radius 1 is 1.20 bits per heavy atom. The zero-order valence-corrected chi connectivity index (χ0v) is 21.9. The molecule has 1 saturated carbocycles. The predicted molar refractivity (Wildman–Crippen MR) is 136 cm³/mol. The molecule has 194 valence electrons. The molecule has 8 nitrogen and oxygen atoms in total. The number of ether oxygens (including phenoxy) is 1. The maximum Gasteiger partial charge on any atom is 0.317 e. The second kappa shape index (κ2) is 11.6. The molecule has 2 N–H and O–H groups in total. The first-order valence-electron chi connectivity index (χ1n) is 12.5. The van der Waals surface area contributed by atoms with Crippen molar-refractivity contribution in [2.24, 2.45) is 5.41 Å². The number of aliphatic hydroxyl groups is 1. The number of hydrogen-bond donors (Lipinski definition) is 2. The fraction of sp³-hybridized carbons (Fsp3) is 0.680. The minimum Gasteiger partial charge on any atom is -0.391 e. The molecule has 35 heavy (non-hydrogen) atoms. The van der Waals surface area contributed by atoms with Crippen LogP contribution in [0.15, 0.2) is 18.2 Å². The number of carbonyl (C=O) groups is 2. The second-order valence-corrected chi connectivity index (χ2v) is 10.9. The molecule has 4 rings (SSSR count).